The van der Waals surface area contributed by atoms with E-state index in [9.17, 15) is 4.79 Å². The molecule has 1 unspecified atom stereocenters. The van der Waals surface area contributed by atoms with E-state index in [2.05, 4.69) is 15.8 Å². The molecule has 0 bridgehead atoms. The van der Waals surface area contributed by atoms with Crippen molar-refractivity contribution in [2.75, 3.05) is 7.11 Å². The second kappa shape index (κ2) is 5.86. The van der Waals surface area contributed by atoms with Gasteiger partial charge in [0.05, 0.1) is 18.7 Å². The number of carbonyl (C=O) groups is 1. The van der Waals surface area contributed by atoms with Gasteiger partial charge in [0.25, 0.3) is 0 Å². The average molecular weight is 218 g/mol. The highest BCUT2D eigenvalue weighted by molar-refractivity contribution is 5.69. The molecule has 0 aromatic carbocycles. The minimum atomic E-state index is -0.219. The van der Waals surface area contributed by atoms with Crippen LogP contribution in [0.25, 0.3) is 0 Å². The largest absolute Gasteiger partial charge is 0.469 e. The Morgan fingerprint density at radius 2 is 2.44 bits per heavy atom. The molecule has 0 saturated carbocycles. The van der Waals surface area contributed by atoms with Crippen molar-refractivity contribution in [2.45, 2.75) is 25.7 Å². The normalized spacial score (nSPS) is 11.6. The number of hydrogen-bond donors (Lipinski definition) is 0. The molecule has 84 valence electrons. The first-order chi connectivity index (χ1) is 7.67. The molecule has 0 aliphatic rings. The van der Waals surface area contributed by atoms with Crippen molar-refractivity contribution in [3.63, 3.8) is 0 Å². The quantitative estimate of drug-likeness (QED) is 0.725. The number of hydrogen-bond acceptors (Lipinski definition) is 4. The number of pyridine rings is 1. The number of rotatable bonds is 4. The molecule has 16 heavy (non-hydrogen) atoms. The van der Waals surface area contributed by atoms with Gasteiger partial charge in [-0.05, 0) is 24.5 Å². The molecule has 0 spiro atoms. The summed E-state index contributed by atoms with van der Waals surface area (Å²) in [6.07, 6.45) is 2.66. The summed E-state index contributed by atoms with van der Waals surface area (Å²) in [6, 6.07) is 5.48. The van der Waals surface area contributed by atoms with Crippen LogP contribution in [0.1, 0.15) is 36.9 Å². The number of aromatic nitrogens is 1. The molecule has 1 aromatic rings. The van der Waals surface area contributed by atoms with Crippen molar-refractivity contribution in [3.8, 4) is 6.07 Å². The molecule has 4 nitrogen and oxygen atoms in total. The van der Waals surface area contributed by atoms with E-state index < -0.39 is 0 Å². The number of methoxy groups -OCH3 is 1. The maximum atomic E-state index is 11.0. The fourth-order valence-electron chi connectivity index (χ4n) is 1.37. The van der Waals surface area contributed by atoms with Crippen molar-refractivity contribution >= 4 is 5.97 Å². The first-order valence-corrected chi connectivity index (χ1v) is 5.10. The third kappa shape index (κ3) is 3.35. The molecule has 1 heterocycles. The van der Waals surface area contributed by atoms with Crippen molar-refractivity contribution in [1.29, 1.82) is 5.26 Å². The van der Waals surface area contributed by atoms with Crippen LogP contribution in [-0.4, -0.2) is 18.1 Å². The van der Waals surface area contributed by atoms with E-state index in [1.165, 1.54) is 7.11 Å². The fraction of sp³-hybridized carbons (Fsp3) is 0.417. The van der Waals surface area contributed by atoms with Gasteiger partial charge in [0, 0.05) is 18.3 Å². The Morgan fingerprint density at radius 3 is 3.06 bits per heavy atom. The Labute approximate surface area is 94.9 Å². The van der Waals surface area contributed by atoms with Gasteiger partial charge in [0.1, 0.15) is 0 Å². The molecule has 4 heteroatoms. The lowest BCUT2D eigenvalue weighted by molar-refractivity contribution is -0.140. The SMILES string of the molecule is COC(=O)CCC(C)c1cc(C#N)ccn1. The molecule has 1 aromatic heterocycles. The summed E-state index contributed by atoms with van der Waals surface area (Å²) in [5.74, 6) is -0.0734. The average Bonchev–Trinajstić information content (AvgIpc) is 2.35. The molecule has 0 saturated heterocycles. The van der Waals surface area contributed by atoms with Gasteiger partial charge in [-0.25, -0.2) is 0 Å². The second-order valence-electron chi connectivity index (χ2n) is 3.60. The summed E-state index contributed by atoms with van der Waals surface area (Å²) in [6.45, 7) is 1.98. The summed E-state index contributed by atoms with van der Waals surface area (Å²) in [4.78, 5) is 15.2. The summed E-state index contributed by atoms with van der Waals surface area (Å²) in [5, 5.41) is 8.75. The Bertz CT molecular complexity index is 410. The van der Waals surface area contributed by atoms with Crippen LogP contribution in [0, 0.1) is 11.3 Å². The third-order valence-corrected chi connectivity index (χ3v) is 2.42. The first kappa shape index (κ1) is 12.2. The first-order valence-electron chi connectivity index (χ1n) is 5.10. The Morgan fingerprint density at radius 1 is 1.69 bits per heavy atom. The monoisotopic (exact) mass is 218 g/mol. The van der Waals surface area contributed by atoms with E-state index in [4.69, 9.17) is 5.26 Å². The third-order valence-electron chi connectivity index (χ3n) is 2.42. The topological polar surface area (TPSA) is 63.0 Å². The molecule has 0 aliphatic carbocycles. The highest BCUT2D eigenvalue weighted by atomic mass is 16.5. The number of ether oxygens (including phenoxy) is 1. The predicted octanol–water partition coefficient (Wildman–Crippen LogP) is 2.01. The zero-order valence-electron chi connectivity index (χ0n) is 9.43. The minimum absolute atomic E-state index is 0.146. The van der Waals surface area contributed by atoms with Gasteiger partial charge in [-0.15, -0.1) is 0 Å². The van der Waals surface area contributed by atoms with Gasteiger partial charge >= 0.3 is 5.97 Å². The summed E-state index contributed by atoms with van der Waals surface area (Å²) >= 11 is 0. The molecular formula is C12H14N2O2. The number of esters is 1. The van der Waals surface area contributed by atoms with E-state index in [0.717, 1.165) is 5.69 Å². The highest BCUT2D eigenvalue weighted by Gasteiger charge is 2.10. The lowest BCUT2D eigenvalue weighted by Gasteiger charge is -2.09. The van der Waals surface area contributed by atoms with Crippen LogP contribution in [0.4, 0.5) is 0 Å². The van der Waals surface area contributed by atoms with Gasteiger partial charge < -0.3 is 4.74 Å². The molecule has 1 atom stereocenters. The van der Waals surface area contributed by atoms with Crippen molar-refractivity contribution in [2.24, 2.45) is 0 Å². The maximum absolute atomic E-state index is 11.0. The lowest BCUT2D eigenvalue weighted by atomic mass is 10.00. The number of nitrogens with zero attached hydrogens (tertiary/aromatic N) is 2. The fourth-order valence-corrected chi connectivity index (χ4v) is 1.37. The van der Waals surface area contributed by atoms with E-state index in [1.807, 2.05) is 6.92 Å². The molecule has 0 amide bonds. The highest BCUT2D eigenvalue weighted by Crippen LogP contribution is 2.19. The Hall–Kier alpha value is -1.89. The van der Waals surface area contributed by atoms with Gasteiger partial charge in [0.2, 0.25) is 0 Å². The smallest absolute Gasteiger partial charge is 0.305 e. The second-order valence-corrected chi connectivity index (χ2v) is 3.60. The van der Waals surface area contributed by atoms with Crippen molar-refractivity contribution < 1.29 is 9.53 Å². The summed E-state index contributed by atoms with van der Waals surface area (Å²) in [7, 11) is 1.38. The number of carbonyl (C=O) groups excluding carboxylic acids is 1. The standard InChI is InChI=1S/C12H14N2O2/c1-9(3-4-12(15)16-2)11-7-10(8-13)5-6-14-11/h5-7,9H,3-4H2,1-2H3. The van der Waals surface area contributed by atoms with Crippen LogP contribution < -0.4 is 0 Å². The zero-order valence-corrected chi connectivity index (χ0v) is 9.43. The molecule has 0 radical (unpaired) electrons. The van der Waals surface area contributed by atoms with E-state index in [0.29, 0.717) is 18.4 Å². The van der Waals surface area contributed by atoms with Crippen LogP contribution in [0.15, 0.2) is 18.3 Å². The van der Waals surface area contributed by atoms with E-state index in [1.54, 1.807) is 18.3 Å². The maximum Gasteiger partial charge on any atom is 0.305 e. The molecule has 1 rings (SSSR count). The lowest BCUT2D eigenvalue weighted by Crippen LogP contribution is -2.04. The van der Waals surface area contributed by atoms with Crippen molar-refractivity contribution in [1.82, 2.24) is 4.98 Å². The van der Waals surface area contributed by atoms with Gasteiger partial charge in [-0.1, -0.05) is 6.92 Å². The van der Waals surface area contributed by atoms with Gasteiger partial charge in [0.15, 0.2) is 0 Å². The molecule has 0 N–H and O–H groups in total. The number of nitriles is 1. The van der Waals surface area contributed by atoms with E-state index in [-0.39, 0.29) is 11.9 Å². The Balaban J connectivity index is 2.62. The molecular weight excluding hydrogens is 204 g/mol. The summed E-state index contributed by atoms with van der Waals surface area (Å²) < 4.78 is 4.57. The van der Waals surface area contributed by atoms with E-state index >= 15 is 0 Å². The van der Waals surface area contributed by atoms with Gasteiger partial charge in [-0.2, -0.15) is 5.26 Å². The van der Waals surface area contributed by atoms with Crippen LogP contribution in [0.5, 0.6) is 0 Å². The van der Waals surface area contributed by atoms with Crippen LogP contribution >= 0.6 is 0 Å². The van der Waals surface area contributed by atoms with Gasteiger partial charge in [-0.3, -0.25) is 9.78 Å². The zero-order chi connectivity index (χ0) is 12.0. The van der Waals surface area contributed by atoms with Crippen molar-refractivity contribution in [3.05, 3.63) is 29.6 Å². The van der Waals surface area contributed by atoms with Crippen LogP contribution in [0.3, 0.4) is 0 Å². The summed E-state index contributed by atoms with van der Waals surface area (Å²) in [5.41, 5.74) is 1.43. The minimum Gasteiger partial charge on any atom is -0.469 e. The van der Waals surface area contributed by atoms with Crippen LogP contribution in [-0.2, 0) is 9.53 Å². The predicted molar refractivity (Wildman–Crippen MR) is 58.6 cm³/mol. The molecule has 0 fully saturated rings. The van der Waals surface area contributed by atoms with Crippen LogP contribution in [0.2, 0.25) is 0 Å². The Kier molecular flexibility index (Phi) is 4.46. The molecule has 0 aliphatic heterocycles.